The van der Waals surface area contributed by atoms with Crippen LogP contribution in [0.25, 0.3) is 0 Å². The van der Waals surface area contributed by atoms with Crippen molar-refractivity contribution in [2.24, 2.45) is 5.92 Å². The summed E-state index contributed by atoms with van der Waals surface area (Å²) < 4.78 is 0. The lowest BCUT2D eigenvalue weighted by Gasteiger charge is -2.33. The first kappa shape index (κ1) is 13.7. The van der Waals surface area contributed by atoms with E-state index in [0.717, 1.165) is 43.9 Å². The molecule has 1 fully saturated rings. The summed E-state index contributed by atoms with van der Waals surface area (Å²) >= 11 is 1.64. The normalized spacial score (nSPS) is 19.1. The zero-order valence-corrected chi connectivity index (χ0v) is 12.2. The summed E-state index contributed by atoms with van der Waals surface area (Å²) in [4.78, 5) is 11.0. The van der Waals surface area contributed by atoms with E-state index in [2.05, 4.69) is 20.2 Å². The van der Waals surface area contributed by atoms with Gasteiger partial charge in [0.05, 0.1) is 23.0 Å². The van der Waals surface area contributed by atoms with Gasteiger partial charge >= 0.3 is 0 Å². The van der Waals surface area contributed by atoms with E-state index in [4.69, 9.17) is 0 Å². The minimum Gasteiger partial charge on any atom is -0.387 e. The highest BCUT2D eigenvalue weighted by Gasteiger charge is 2.26. The van der Waals surface area contributed by atoms with Gasteiger partial charge in [-0.15, -0.1) is 11.3 Å². The molecule has 20 heavy (non-hydrogen) atoms. The second-order valence-corrected chi connectivity index (χ2v) is 6.01. The Hall–Kier alpha value is -1.30. The number of piperidine rings is 1. The fourth-order valence-corrected chi connectivity index (χ4v) is 3.31. The zero-order chi connectivity index (χ0) is 13.8. The Labute approximate surface area is 123 Å². The Kier molecular flexibility index (Phi) is 4.40. The van der Waals surface area contributed by atoms with Crippen molar-refractivity contribution in [3.8, 4) is 0 Å². The van der Waals surface area contributed by atoms with E-state index in [0.29, 0.717) is 5.92 Å². The second kappa shape index (κ2) is 6.43. The monoisotopic (exact) mass is 289 g/mol. The van der Waals surface area contributed by atoms with Crippen LogP contribution in [-0.4, -0.2) is 33.1 Å². The smallest absolute Gasteiger partial charge is 0.0988 e. The highest BCUT2D eigenvalue weighted by Crippen LogP contribution is 2.30. The maximum Gasteiger partial charge on any atom is 0.0988 e. The lowest BCUT2D eigenvalue weighted by Crippen LogP contribution is -2.35. The number of rotatable bonds is 4. The number of aliphatic hydroxyl groups excluding tert-OH is 1. The molecule has 1 N–H and O–H groups in total. The first-order valence-electron chi connectivity index (χ1n) is 7.01. The first-order chi connectivity index (χ1) is 9.83. The van der Waals surface area contributed by atoms with Gasteiger partial charge in [-0.1, -0.05) is 6.07 Å². The van der Waals surface area contributed by atoms with Crippen LogP contribution in [0.2, 0.25) is 0 Å². The molecule has 4 nitrogen and oxygen atoms in total. The standard InChI is InChI=1S/C15H19N3OS/c19-15(14-3-1-2-6-16-14)12-4-7-18(8-5-12)9-13-10-20-11-17-13/h1-3,6,10-12,15,19H,4-5,7-9H2/t15-/m1/s1. The molecule has 0 aliphatic carbocycles. The lowest BCUT2D eigenvalue weighted by atomic mass is 9.89. The molecule has 1 saturated heterocycles. The molecule has 3 rings (SSSR count). The predicted octanol–water partition coefficient (Wildman–Crippen LogP) is 2.48. The van der Waals surface area contributed by atoms with Crippen molar-refractivity contribution in [1.82, 2.24) is 14.9 Å². The second-order valence-electron chi connectivity index (χ2n) is 5.29. The number of nitrogens with zero attached hydrogens (tertiary/aromatic N) is 3. The first-order valence-corrected chi connectivity index (χ1v) is 7.95. The number of hydrogen-bond donors (Lipinski definition) is 1. The van der Waals surface area contributed by atoms with Gasteiger partial charge in [0.25, 0.3) is 0 Å². The van der Waals surface area contributed by atoms with Crippen LogP contribution < -0.4 is 0 Å². The van der Waals surface area contributed by atoms with Crippen LogP contribution in [0.1, 0.15) is 30.3 Å². The summed E-state index contributed by atoms with van der Waals surface area (Å²) in [6.07, 6.45) is 3.34. The van der Waals surface area contributed by atoms with Gasteiger partial charge in [-0.05, 0) is 44.0 Å². The summed E-state index contributed by atoms with van der Waals surface area (Å²) in [6.45, 7) is 2.97. The van der Waals surface area contributed by atoms with Crippen molar-refractivity contribution in [3.63, 3.8) is 0 Å². The van der Waals surface area contributed by atoms with E-state index < -0.39 is 6.10 Å². The van der Waals surface area contributed by atoms with Crippen LogP contribution in [0.4, 0.5) is 0 Å². The maximum absolute atomic E-state index is 10.4. The number of aromatic nitrogens is 2. The Morgan fingerprint density at radius 1 is 1.30 bits per heavy atom. The minimum absolute atomic E-state index is 0.316. The average Bonchev–Trinajstić information content (AvgIpc) is 3.01. The van der Waals surface area contributed by atoms with Crippen molar-refractivity contribution >= 4 is 11.3 Å². The van der Waals surface area contributed by atoms with E-state index in [9.17, 15) is 5.11 Å². The summed E-state index contributed by atoms with van der Waals surface area (Å²) in [5.74, 6) is 0.316. The number of likely N-dealkylation sites (tertiary alicyclic amines) is 1. The Balaban J connectivity index is 1.53. The highest BCUT2D eigenvalue weighted by molar-refractivity contribution is 7.07. The van der Waals surface area contributed by atoms with E-state index in [1.165, 1.54) is 0 Å². The SMILES string of the molecule is O[C@@H](c1ccccn1)C1CCN(Cc2cscn2)CC1. The van der Waals surface area contributed by atoms with Gasteiger partial charge in [0, 0.05) is 18.1 Å². The summed E-state index contributed by atoms with van der Waals surface area (Å²) in [6, 6.07) is 5.72. The lowest BCUT2D eigenvalue weighted by molar-refractivity contribution is 0.0537. The van der Waals surface area contributed by atoms with Gasteiger partial charge in [0.15, 0.2) is 0 Å². The number of pyridine rings is 1. The summed E-state index contributed by atoms with van der Waals surface area (Å²) in [7, 11) is 0. The summed E-state index contributed by atoms with van der Waals surface area (Å²) in [5.41, 5.74) is 3.83. The molecule has 2 aromatic rings. The molecule has 1 atom stereocenters. The largest absolute Gasteiger partial charge is 0.387 e. The fraction of sp³-hybridized carbons (Fsp3) is 0.467. The predicted molar refractivity (Wildman–Crippen MR) is 79.3 cm³/mol. The van der Waals surface area contributed by atoms with E-state index in [1.54, 1.807) is 17.5 Å². The third-order valence-electron chi connectivity index (χ3n) is 3.94. The van der Waals surface area contributed by atoms with Crippen molar-refractivity contribution in [1.29, 1.82) is 0 Å². The van der Waals surface area contributed by atoms with Crippen molar-refractivity contribution in [2.45, 2.75) is 25.5 Å². The summed E-state index contributed by atoms with van der Waals surface area (Å²) in [5, 5.41) is 12.5. The molecule has 0 aromatic carbocycles. The molecule has 2 aromatic heterocycles. The molecule has 0 bridgehead atoms. The molecule has 3 heterocycles. The third kappa shape index (κ3) is 3.23. The average molecular weight is 289 g/mol. The molecule has 106 valence electrons. The van der Waals surface area contributed by atoms with Crippen LogP contribution in [-0.2, 0) is 6.54 Å². The van der Waals surface area contributed by atoms with Crippen LogP contribution in [0, 0.1) is 5.92 Å². The molecule has 0 saturated carbocycles. The number of hydrogen-bond acceptors (Lipinski definition) is 5. The van der Waals surface area contributed by atoms with Crippen LogP contribution in [0.15, 0.2) is 35.3 Å². The molecule has 0 spiro atoms. The van der Waals surface area contributed by atoms with Gasteiger partial charge in [-0.25, -0.2) is 4.98 Å². The van der Waals surface area contributed by atoms with Gasteiger partial charge in [-0.2, -0.15) is 0 Å². The number of thiazole rings is 1. The third-order valence-corrected chi connectivity index (χ3v) is 4.57. The van der Waals surface area contributed by atoms with Gasteiger partial charge in [0.2, 0.25) is 0 Å². The van der Waals surface area contributed by atoms with E-state index in [-0.39, 0.29) is 0 Å². The number of aliphatic hydroxyl groups is 1. The van der Waals surface area contributed by atoms with Crippen molar-refractivity contribution in [3.05, 3.63) is 46.7 Å². The van der Waals surface area contributed by atoms with Gasteiger partial charge in [0.1, 0.15) is 0 Å². The van der Waals surface area contributed by atoms with Gasteiger partial charge < -0.3 is 5.11 Å². The molecule has 5 heteroatoms. The molecule has 0 amide bonds. The zero-order valence-electron chi connectivity index (χ0n) is 11.4. The topological polar surface area (TPSA) is 49.3 Å². The Morgan fingerprint density at radius 2 is 2.15 bits per heavy atom. The molecule has 1 aliphatic heterocycles. The van der Waals surface area contributed by atoms with Crippen LogP contribution in [0.3, 0.4) is 0 Å². The quantitative estimate of drug-likeness (QED) is 0.939. The Bertz CT molecular complexity index is 509. The minimum atomic E-state index is -0.433. The van der Waals surface area contributed by atoms with Gasteiger partial charge in [-0.3, -0.25) is 9.88 Å². The van der Waals surface area contributed by atoms with Crippen molar-refractivity contribution < 1.29 is 5.11 Å². The molecule has 1 aliphatic rings. The van der Waals surface area contributed by atoms with Crippen LogP contribution in [0.5, 0.6) is 0 Å². The molecule has 0 radical (unpaired) electrons. The van der Waals surface area contributed by atoms with E-state index >= 15 is 0 Å². The molecule has 0 unspecified atom stereocenters. The van der Waals surface area contributed by atoms with Crippen molar-refractivity contribution in [2.75, 3.05) is 13.1 Å². The molecular formula is C15H19N3OS. The van der Waals surface area contributed by atoms with Crippen LogP contribution >= 0.6 is 11.3 Å². The van der Waals surface area contributed by atoms with E-state index in [1.807, 2.05) is 23.7 Å². The Morgan fingerprint density at radius 3 is 2.80 bits per heavy atom. The fourth-order valence-electron chi connectivity index (χ4n) is 2.76. The highest BCUT2D eigenvalue weighted by atomic mass is 32.1. The molecular weight excluding hydrogens is 270 g/mol. The maximum atomic E-state index is 10.4.